The van der Waals surface area contributed by atoms with Crippen LogP contribution in [0.4, 0.5) is 0 Å². The molecule has 0 spiro atoms. The van der Waals surface area contributed by atoms with Crippen molar-refractivity contribution < 1.29 is 19.1 Å². The number of rotatable bonds is 4. The van der Waals surface area contributed by atoms with E-state index in [1.807, 2.05) is 6.92 Å². The van der Waals surface area contributed by atoms with Crippen LogP contribution in [0.1, 0.15) is 27.2 Å². The van der Waals surface area contributed by atoms with E-state index in [1.54, 1.807) is 0 Å². The topological polar surface area (TPSA) is 52.6 Å². The second-order valence-corrected chi connectivity index (χ2v) is 2.44. The van der Waals surface area contributed by atoms with Gasteiger partial charge in [-0.1, -0.05) is 6.92 Å². The third kappa shape index (κ3) is 5.70. The van der Waals surface area contributed by atoms with Gasteiger partial charge < -0.3 is 9.47 Å². The Morgan fingerprint density at radius 3 is 2.17 bits per heavy atom. The van der Waals surface area contributed by atoms with E-state index >= 15 is 0 Å². The molecule has 0 radical (unpaired) electrons. The van der Waals surface area contributed by atoms with Crippen molar-refractivity contribution in [2.75, 3.05) is 6.61 Å². The molecule has 4 nitrogen and oxygen atoms in total. The first kappa shape index (κ1) is 10.9. The molecule has 0 aromatic carbocycles. The summed E-state index contributed by atoms with van der Waals surface area (Å²) < 4.78 is 9.51. The van der Waals surface area contributed by atoms with Gasteiger partial charge in [0.25, 0.3) is 0 Å². The van der Waals surface area contributed by atoms with E-state index < -0.39 is 0 Å². The maximum atomic E-state index is 10.5. The molecule has 0 bridgehead atoms. The Hall–Kier alpha value is -1.06. The van der Waals surface area contributed by atoms with Crippen LogP contribution in [0.5, 0.6) is 0 Å². The summed E-state index contributed by atoms with van der Waals surface area (Å²) in [4.78, 5) is 20.9. The first-order valence-corrected chi connectivity index (χ1v) is 3.86. The second-order valence-electron chi connectivity index (χ2n) is 2.44. The summed E-state index contributed by atoms with van der Waals surface area (Å²) in [5, 5.41) is 0. The Morgan fingerprint density at radius 2 is 1.83 bits per heavy atom. The Bertz CT molecular complexity index is 164. The third-order valence-corrected chi connectivity index (χ3v) is 1.26. The van der Waals surface area contributed by atoms with E-state index in [0.717, 1.165) is 0 Å². The molecule has 0 aliphatic heterocycles. The molecule has 0 aliphatic carbocycles. The van der Waals surface area contributed by atoms with Gasteiger partial charge in [-0.3, -0.25) is 9.59 Å². The lowest BCUT2D eigenvalue weighted by molar-refractivity contribution is -0.156. The molecular formula is C8H14O4. The smallest absolute Gasteiger partial charge is 0.303 e. The molecule has 0 fully saturated rings. The molecule has 70 valence electrons. The Balaban J connectivity index is 3.67. The molecule has 12 heavy (non-hydrogen) atoms. The van der Waals surface area contributed by atoms with Gasteiger partial charge in [0.1, 0.15) is 12.7 Å². The lowest BCUT2D eigenvalue weighted by Gasteiger charge is -2.13. The molecule has 0 unspecified atom stereocenters. The van der Waals surface area contributed by atoms with Gasteiger partial charge in [0.2, 0.25) is 0 Å². The zero-order chi connectivity index (χ0) is 9.56. The summed E-state index contributed by atoms with van der Waals surface area (Å²) in [5.41, 5.74) is 0. The third-order valence-electron chi connectivity index (χ3n) is 1.26. The van der Waals surface area contributed by atoms with Gasteiger partial charge >= 0.3 is 11.9 Å². The van der Waals surface area contributed by atoms with Crippen molar-refractivity contribution >= 4 is 11.9 Å². The normalized spacial score (nSPS) is 11.9. The molecule has 0 aromatic rings. The lowest BCUT2D eigenvalue weighted by Crippen LogP contribution is -2.22. The van der Waals surface area contributed by atoms with E-state index in [2.05, 4.69) is 4.74 Å². The van der Waals surface area contributed by atoms with Gasteiger partial charge in [-0.05, 0) is 6.42 Å². The van der Waals surface area contributed by atoms with Crippen LogP contribution in [0, 0.1) is 0 Å². The highest BCUT2D eigenvalue weighted by Gasteiger charge is 2.10. The van der Waals surface area contributed by atoms with Gasteiger partial charge in [-0.15, -0.1) is 0 Å². The molecule has 0 amide bonds. The van der Waals surface area contributed by atoms with Crippen LogP contribution in [-0.4, -0.2) is 24.6 Å². The van der Waals surface area contributed by atoms with E-state index in [4.69, 9.17) is 4.74 Å². The number of esters is 2. The average Bonchev–Trinajstić information content (AvgIpc) is 1.97. The summed E-state index contributed by atoms with van der Waals surface area (Å²) in [6.45, 7) is 4.65. The van der Waals surface area contributed by atoms with Gasteiger partial charge in [-0.25, -0.2) is 0 Å². The van der Waals surface area contributed by atoms with Crippen molar-refractivity contribution in [1.82, 2.24) is 0 Å². The van der Waals surface area contributed by atoms with Crippen molar-refractivity contribution in [2.45, 2.75) is 33.3 Å². The van der Waals surface area contributed by atoms with Gasteiger partial charge in [-0.2, -0.15) is 0 Å². The summed E-state index contributed by atoms with van der Waals surface area (Å²) in [7, 11) is 0. The van der Waals surface area contributed by atoms with Crippen molar-refractivity contribution in [3.05, 3.63) is 0 Å². The van der Waals surface area contributed by atoms with Crippen LogP contribution < -0.4 is 0 Å². The van der Waals surface area contributed by atoms with E-state index in [-0.39, 0.29) is 24.6 Å². The molecule has 1 atom stereocenters. The van der Waals surface area contributed by atoms with Crippen LogP contribution in [0.3, 0.4) is 0 Å². The number of hydrogen-bond acceptors (Lipinski definition) is 4. The van der Waals surface area contributed by atoms with Crippen molar-refractivity contribution in [2.24, 2.45) is 0 Å². The fourth-order valence-electron chi connectivity index (χ4n) is 0.680. The van der Waals surface area contributed by atoms with E-state index in [9.17, 15) is 9.59 Å². The highest BCUT2D eigenvalue weighted by atomic mass is 16.6. The predicted molar refractivity (Wildman–Crippen MR) is 42.5 cm³/mol. The number of carbonyl (C=O) groups excluding carboxylic acids is 2. The number of carbonyl (C=O) groups is 2. The number of hydrogen-bond donors (Lipinski definition) is 0. The van der Waals surface area contributed by atoms with Crippen molar-refractivity contribution in [1.29, 1.82) is 0 Å². The van der Waals surface area contributed by atoms with Crippen molar-refractivity contribution in [3.63, 3.8) is 0 Å². The molecule has 0 saturated heterocycles. The molecular weight excluding hydrogens is 160 g/mol. The molecule has 0 saturated carbocycles. The van der Waals surface area contributed by atoms with Crippen LogP contribution >= 0.6 is 0 Å². The summed E-state index contributed by atoms with van der Waals surface area (Å²) >= 11 is 0. The Labute approximate surface area is 71.8 Å². The minimum absolute atomic E-state index is 0.144. The highest BCUT2D eigenvalue weighted by Crippen LogP contribution is 1.99. The lowest BCUT2D eigenvalue weighted by atomic mass is 10.3. The van der Waals surface area contributed by atoms with Crippen LogP contribution in [0.25, 0.3) is 0 Å². The zero-order valence-electron chi connectivity index (χ0n) is 7.62. The molecule has 0 rings (SSSR count). The largest absolute Gasteiger partial charge is 0.462 e. The second kappa shape index (κ2) is 5.57. The summed E-state index contributed by atoms with van der Waals surface area (Å²) in [6.07, 6.45) is 0.332. The predicted octanol–water partition coefficient (Wildman–Crippen LogP) is 0.891. The molecule has 0 N–H and O–H groups in total. The fraction of sp³-hybridized carbons (Fsp3) is 0.750. The van der Waals surface area contributed by atoms with Gasteiger partial charge in [0.05, 0.1) is 0 Å². The summed E-state index contributed by atoms with van der Waals surface area (Å²) in [5.74, 6) is -0.713. The first-order valence-electron chi connectivity index (χ1n) is 3.86. The van der Waals surface area contributed by atoms with E-state index in [1.165, 1.54) is 13.8 Å². The Morgan fingerprint density at radius 1 is 1.25 bits per heavy atom. The minimum Gasteiger partial charge on any atom is -0.462 e. The quantitative estimate of drug-likeness (QED) is 0.594. The molecule has 0 aromatic heterocycles. The molecule has 0 heterocycles. The van der Waals surface area contributed by atoms with Crippen molar-refractivity contribution in [3.8, 4) is 0 Å². The zero-order valence-corrected chi connectivity index (χ0v) is 7.62. The fourth-order valence-corrected chi connectivity index (χ4v) is 0.680. The van der Waals surface area contributed by atoms with Crippen LogP contribution in [-0.2, 0) is 19.1 Å². The number of ether oxygens (including phenoxy) is 2. The standard InChI is InChI=1S/C8H14O4/c1-4-8(12-7(3)10)5-11-6(2)9/h8H,4-5H2,1-3H3/t8-/m0/s1. The first-order chi connectivity index (χ1) is 5.56. The highest BCUT2D eigenvalue weighted by molar-refractivity contribution is 5.67. The molecule has 4 heteroatoms. The molecule has 0 aliphatic rings. The SMILES string of the molecule is CC[C@@H](COC(C)=O)OC(C)=O. The maximum absolute atomic E-state index is 10.5. The van der Waals surface area contributed by atoms with Crippen LogP contribution in [0.15, 0.2) is 0 Å². The summed E-state index contributed by atoms with van der Waals surface area (Å²) in [6, 6.07) is 0. The van der Waals surface area contributed by atoms with E-state index in [0.29, 0.717) is 6.42 Å². The van der Waals surface area contributed by atoms with Gasteiger partial charge in [0, 0.05) is 13.8 Å². The van der Waals surface area contributed by atoms with Gasteiger partial charge in [0.15, 0.2) is 0 Å². The van der Waals surface area contributed by atoms with Crippen LogP contribution in [0.2, 0.25) is 0 Å². The Kier molecular flexibility index (Phi) is 5.08. The maximum Gasteiger partial charge on any atom is 0.303 e. The average molecular weight is 174 g/mol. The minimum atomic E-state index is -0.361. The monoisotopic (exact) mass is 174 g/mol.